The molecule has 4 rings (SSSR count). The van der Waals surface area contributed by atoms with Crippen LogP contribution in [0.4, 0.5) is 0 Å². The van der Waals surface area contributed by atoms with E-state index < -0.39 is 0 Å². The van der Waals surface area contributed by atoms with Gasteiger partial charge in [-0.2, -0.15) is 5.26 Å². The van der Waals surface area contributed by atoms with Crippen molar-refractivity contribution < 1.29 is 19.1 Å². The van der Waals surface area contributed by atoms with Crippen LogP contribution in [0.15, 0.2) is 83.1 Å². The first-order valence-corrected chi connectivity index (χ1v) is 10.7. The van der Waals surface area contributed by atoms with E-state index in [4.69, 9.17) is 19.9 Å². The van der Waals surface area contributed by atoms with E-state index in [-0.39, 0.29) is 11.8 Å². The predicted molar refractivity (Wildman–Crippen MR) is 122 cm³/mol. The maximum atomic E-state index is 9.91. The normalized spacial score (nSPS) is 20.1. The summed E-state index contributed by atoms with van der Waals surface area (Å²) >= 11 is 0. The molecule has 2 aromatic carbocycles. The first-order valence-electron chi connectivity index (χ1n) is 10.7. The Morgan fingerprint density at radius 2 is 1.69 bits per heavy atom. The van der Waals surface area contributed by atoms with Crippen LogP contribution in [0.1, 0.15) is 24.0 Å². The number of likely N-dealkylation sites (N-methyl/N-ethyl adjacent to an activating group) is 1. The zero-order chi connectivity index (χ0) is 22.7. The van der Waals surface area contributed by atoms with Gasteiger partial charge in [-0.25, -0.2) is 0 Å². The number of benzene rings is 2. The lowest BCUT2D eigenvalue weighted by molar-refractivity contribution is -0.841. The molecule has 6 heteroatoms. The lowest BCUT2D eigenvalue weighted by Crippen LogP contribution is -3.08. The second-order valence-corrected chi connectivity index (χ2v) is 7.94. The molecule has 2 atom stereocenters. The summed E-state index contributed by atoms with van der Waals surface area (Å²) in [5.41, 5.74) is 11.0. The lowest BCUT2D eigenvalue weighted by Gasteiger charge is -2.34. The molecule has 0 radical (unpaired) electrons. The number of nitriles is 1. The van der Waals surface area contributed by atoms with Crippen LogP contribution < -0.4 is 20.1 Å². The quantitative estimate of drug-likeness (QED) is 0.737. The molecular formula is C26H28N3O3+. The van der Waals surface area contributed by atoms with E-state index in [1.807, 2.05) is 36.4 Å². The summed E-state index contributed by atoms with van der Waals surface area (Å²) < 4.78 is 16.7. The molecule has 2 aliphatic heterocycles. The van der Waals surface area contributed by atoms with Crippen molar-refractivity contribution in [2.45, 2.75) is 19.3 Å². The Morgan fingerprint density at radius 1 is 1.06 bits per heavy atom. The summed E-state index contributed by atoms with van der Waals surface area (Å²) in [7, 11) is 3.30. The number of hydrogen-bond acceptors (Lipinski definition) is 5. The van der Waals surface area contributed by atoms with E-state index in [1.54, 1.807) is 14.2 Å². The van der Waals surface area contributed by atoms with Gasteiger partial charge in [0.15, 0.2) is 0 Å². The van der Waals surface area contributed by atoms with E-state index in [2.05, 4.69) is 31.3 Å². The van der Waals surface area contributed by atoms with Gasteiger partial charge in [0.25, 0.3) is 0 Å². The number of nitrogens with one attached hydrogen (secondary N) is 1. The number of rotatable bonds is 6. The maximum Gasteiger partial charge on any atom is 0.205 e. The zero-order valence-corrected chi connectivity index (χ0v) is 18.6. The second kappa shape index (κ2) is 9.21. The average Bonchev–Trinajstić information content (AvgIpc) is 2.84. The number of nitrogens with two attached hydrogens (primary N) is 1. The van der Waals surface area contributed by atoms with Crippen molar-refractivity contribution in [3.8, 4) is 17.6 Å². The highest BCUT2D eigenvalue weighted by Crippen LogP contribution is 2.42. The monoisotopic (exact) mass is 430 g/mol. The van der Waals surface area contributed by atoms with E-state index in [9.17, 15) is 5.26 Å². The van der Waals surface area contributed by atoms with Crippen LogP contribution >= 0.6 is 0 Å². The van der Waals surface area contributed by atoms with Gasteiger partial charge in [0.2, 0.25) is 5.88 Å². The predicted octanol–water partition coefficient (Wildman–Crippen LogP) is 2.81. The van der Waals surface area contributed by atoms with Crippen molar-refractivity contribution in [1.82, 2.24) is 0 Å². The smallest absolute Gasteiger partial charge is 0.205 e. The van der Waals surface area contributed by atoms with Gasteiger partial charge in [0.1, 0.15) is 41.6 Å². The number of allylic oxidation sites excluding steroid dienone is 2. The Balaban J connectivity index is 1.77. The molecule has 1 unspecified atom stereocenters. The Morgan fingerprint density at radius 3 is 2.25 bits per heavy atom. The van der Waals surface area contributed by atoms with Gasteiger partial charge in [-0.05, 0) is 42.3 Å². The van der Waals surface area contributed by atoms with Crippen molar-refractivity contribution >= 4 is 0 Å². The molecule has 0 saturated carbocycles. The van der Waals surface area contributed by atoms with Crippen molar-refractivity contribution in [1.29, 1.82) is 5.26 Å². The van der Waals surface area contributed by atoms with Crippen LogP contribution in [0.25, 0.3) is 0 Å². The second-order valence-electron chi connectivity index (χ2n) is 7.94. The molecule has 164 valence electrons. The van der Waals surface area contributed by atoms with Crippen molar-refractivity contribution in [2.75, 3.05) is 27.3 Å². The minimum absolute atomic E-state index is 0.174. The molecule has 3 N–H and O–H groups in total. The molecule has 0 fully saturated rings. The summed E-state index contributed by atoms with van der Waals surface area (Å²) in [6.45, 7) is 3.84. The van der Waals surface area contributed by atoms with E-state index in [1.165, 1.54) is 4.90 Å². The molecule has 0 spiro atoms. The van der Waals surface area contributed by atoms with Crippen LogP contribution in [-0.4, -0.2) is 27.3 Å². The number of quaternary nitrogens is 1. The molecule has 0 bridgehead atoms. The Hall–Kier alpha value is -3.69. The standard InChI is InChI=1S/C26H27N3O3/c1-4-29-15-19(13-17-5-9-20(30-2)10-6-17)25-23(16-29)24(22(14-27)26(28)32-25)18-7-11-21(31-3)12-8-18/h5-12,15,24H,4,13,16,28H2,1-3H3/p+1/t24-/m0/s1. The van der Waals surface area contributed by atoms with Gasteiger partial charge < -0.3 is 24.8 Å². The molecule has 0 saturated heterocycles. The summed E-state index contributed by atoms with van der Waals surface area (Å²) in [5, 5.41) is 9.91. The van der Waals surface area contributed by atoms with Gasteiger partial charge in [0, 0.05) is 12.0 Å². The maximum absolute atomic E-state index is 9.91. The third-order valence-electron chi connectivity index (χ3n) is 6.07. The molecule has 32 heavy (non-hydrogen) atoms. The fraction of sp³-hybridized carbons (Fsp3) is 0.269. The molecular weight excluding hydrogens is 402 g/mol. The molecule has 2 aliphatic rings. The van der Waals surface area contributed by atoms with Gasteiger partial charge >= 0.3 is 0 Å². The molecule has 0 amide bonds. The minimum Gasteiger partial charge on any atom is -0.497 e. The van der Waals surface area contributed by atoms with Gasteiger partial charge in [-0.15, -0.1) is 0 Å². The molecule has 2 heterocycles. The fourth-order valence-corrected chi connectivity index (χ4v) is 4.35. The van der Waals surface area contributed by atoms with Crippen molar-refractivity contribution in [3.63, 3.8) is 0 Å². The van der Waals surface area contributed by atoms with Crippen LogP contribution in [0.5, 0.6) is 11.5 Å². The Bertz CT molecular complexity index is 1120. The van der Waals surface area contributed by atoms with E-state index in [0.717, 1.165) is 52.6 Å². The number of methoxy groups -OCH3 is 2. The fourth-order valence-electron chi connectivity index (χ4n) is 4.35. The number of ether oxygens (including phenoxy) is 3. The average molecular weight is 431 g/mol. The third-order valence-corrected chi connectivity index (χ3v) is 6.07. The van der Waals surface area contributed by atoms with Crippen LogP contribution in [0, 0.1) is 11.3 Å². The van der Waals surface area contributed by atoms with Crippen molar-refractivity contribution in [2.24, 2.45) is 5.73 Å². The first kappa shape index (κ1) is 21.5. The Labute approximate surface area is 188 Å². The number of nitrogens with zero attached hydrogens (tertiary/aromatic N) is 1. The van der Waals surface area contributed by atoms with Gasteiger partial charge in [0.05, 0.1) is 32.3 Å². The topological polar surface area (TPSA) is 81.9 Å². The van der Waals surface area contributed by atoms with Crippen molar-refractivity contribution in [3.05, 3.63) is 94.2 Å². The molecule has 2 aromatic rings. The summed E-state index contributed by atoms with van der Waals surface area (Å²) in [6, 6.07) is 18.2. The zero-order valence-electron chi connectivity index (χ0n) is 18.6. The Kier molecular flexibility index (Phi) is 6.20. The molecule has 0 aliphatic carbocycles. The van der Waals surface area contributed by atoms with E-state index >= 15 is 0 Å². The minimum atomic E-state index is -0.240. The summed E-state index contributed by atoms with van der Waals surface area (Å²) in [4.78, 5) is 1.31. The highest BCUT2D eigenvalue weighted by Gasteiger charge is 2.38. The molecule has 0 aromatic heterocycles. The largest absolute Gasteiger partial charge is 0.497 e. The van der Waals surface area contributed by atoms with Gasteiger partial charge in [-0.3, -0.25) is 0 Å². The summed E-state index contributed by atoms with van der Waals surface area (Å²) in [6.07, 6.45) is 2.93. The first-order chi connectivity index (χ1) is 15.6. The van der Waals surface area contributed by atoms with Gasteiger partial charge in [-0.1, -0.05) is 24.3 Å². The van der Waals surface area contributed by atoms with Crippen LogP contribution in [-0.2, 0) is 11.2 Å². The highest BCUT2D eigenvalue weighted by molar-refractivity contribution is 5.54. The number of hydrogen-bond donors (Lipinski definition) is 2. The van der Waals surface area contributed by atoms with E-state index in [0.29, 0.717) is 12.0 Å². The highest BCUT2D eigenvalue weighted by atomic mass is 16.5. The lowest BCUT2D eigenvalue weighted by atomic mass is 9.80. The third kappa shape index (κ3) is 4.08. The van der Waals surface area contributed by atoms with Crippen LogP contribution in [0.2, 0.25) is 0 Å². The van der Waals surface area contributed by atoms with Crippen LogP contribution in [0.3, 0.4) is 0 Å². The molecule has 6 nitrogen and oxygen atoms in total. The SMILES string of the molecule is CC[NH+]1C=C(Cc2ccc(OC)cc2)C2=C(C1)[C@@H](c1ccc(OC)cc1)C(C#N)=C(N)O2. The summed E-state index contributed by atoms with van der Waals surface area (Å²) in [5.74, 6) is 2.32.